The van der Waals surface area contributed by atoms with Gasteiger partial charge in [-0.15, -0.1) is 5.10 Å². The monoisotopic (exact) mass is 239 g/mol. The zero-order valence-corrected chi connectivity index (χ0v) is 8.33. The molecular weight excluding hydrogens is 230 g/mol. The predicted molar refractivity (Wildman–Crippen MR) is 45.6 cm³/mol. The first kappa shape index (κ1) is 12.6. The molecule has 0 bridgehead atoms. The maximum Gasteiger partial charge on any atom is 0.370 e. The number of carbonyl (C=O) groups is 1. The fourth-order valence-corrected chi connectivity index (χ4v) is 1.08. The van der Waals surface area contributed by atoms with Crippen LogP contribution in [0, 0.1) is 0 Å². The third kappa shape index (κ3) is 2.20. The number of carbonyl (C=O) groups excluding carboxylic acids is 1. The molecule has 0 aliphatic carbocycles. The Labute approximate surface area is 88.2 Å². The highest BCUT2D eigenvalue weighted by molar-refractivity contribution is 6.00. The van der Waals surface area contributed by atoms with E-state index in [-0.39, 0.29) is 6.54 Å². The molecule has 0 N–H and O–H groups in total. The number of aromatic nitrogens is 3. The molecule has 0 aliphatic rings. The van der Waals surface area contributed by atoms with Gasteiger partial charge in [-0.25, -0.2) is 13.5 Å². The van der Waals surface area contributed by atoms with Crippen LogP contribution in [0.5, 0.6) is 0 Å². The number of alkyl halides is 4. The Morgan fingerprint density at radius 3 is 2.69 bits per heavy atom. The summed E-state index contributed by atoms with van der Waals surface area (Å²) in [5, 5.41) is 6.62. The van der Waals surface area contributed by atoms with Crippen molar-refractivity contribution in [3.63, 3.8) is 0 Å². The van der Waals surface area contributed by atoms with Crippen molar-refractivity contribution in [2.45, 2.75) is 32.2 Å². The van der Waals surface area contributed by atoms with Crippen molar-refractivity contribution < 1.29 is 22.4 Å². The maximum atomic E-state index is 12.8. The molecule has 1 aromatic heterocycles. The minimum Gasteiger partial charge on any atom is -0.285 e. The number of hydrogen-bond donors (Lipinski definition) is 0. The Bertz CT molecular complexity index is 377. The molecule has 1 aromatic rings. The number of ketones is 1. The van der Waals surface area contributed by atoms with E-state index in [0.717, 1.165) is 10.9 Å². The molecule has 0 fully saturated rings. The van der Waals surface area contributed by atoms with Crippen LogP contribution in [0.25, 0.3) is 0 Å². The van der Waals surface area contributed by atoms with Crippen LogP contribution in [0.15, 0.2) is 6.20 Å². The topological polar surface area (TPSA) is 47.8 Å². The SMILES string of the molecule is CCCn1nncc1C(=O)C(F)(F)C(F)F. The lowest BCUT2D eigenvalue weighted by Crippen LogP contribution is -2.37. The Balaban J connectivity index is 3.00. The molecule has 0 aromatic carbocycles. The molecule has 0 aliphatic heterocycles. The van der Waals surface area contributed by atoms with E-state index in [1.807, 2.05) is 0 Å². The quantitative estimate of drug-likeness (QED) is 0.581. The minimum absolute atomic E-state index is 0.167. The third-order valence-electron chi connectivity index (χ3n) is 1.86. The van der Waals surface area contributed by atoms with Crippen molar-refractivity contribution in [1.82, 2.24) is 15.0 Å². The van der Waals surface area contributed by atoms with Crippen molar-refractivity contribution >= 4 is 5.78 Å². The van der Waals surface area contributed by atoms with E-state index in [1.54, 1.807) is 6.92 Å². The van der Waals surface area contributed by atoms with Gasteiger partial charge in [-0.1, -0.05) is 12.1 Å². The fourth-order valence-electron chi connectivity index (χ4n) is 1.08. The summed E-state index contributed by atoms with van der Waals surface area (Å²) in [5.74, 6) is -6.66. The molecule has 0 unspecified atom stereocenters. The first-order valence-corrected chi connectivity index (χ1v) is 4.50. The number of Topliss-reactive ketones (excluding diaryl/α,β-unsaturated/α-hetero) is 1. The Morgan fingerprint density at radius 1 is 1.56 bits per heavy atom. The van der Waals surface area contributed by atoms with Gasteiger partial charge in [0.05, 0.1) is 6.20 Å². The minimum atomic E-state index is -4.70. The van der Waals surface area contributed by atoms with Gasteiger partial charge >= 0.3 is 12.3 Å². The Morgan fingerprint density at radius 2 is 2.19 bits per heavy atom. The summed E-state index contributed by atoms with van der Waals surface area (Å²) in [6.45, 7) is 1.89. The smallest absolute Gasteiger partial charge is 0.285 e. The van der Waals surface area contributed by atoms with Gasteiger partial charge < -0.3 is 0 Å². The second-order valence-corrected chi connectivity index (χ2v) is 3.10. The van der Waals surface area contributed by atoms with E-state index in [4.69, 9.17) is 0 Å². The molecule has 0 saturated carbocycles. The van der Waals surface area contributed by atoms with Gasteiger partial charge in [0.15, 0.2) is 0 Å². The molecule has 0 spiro atoms. The van der Waals surface area contributed by atoms with Gasteiger partial charge in [0.1, 0.15) is 5.69 Å². The van der Waals surface area contributed by atoms with Crippen LogP contribution in [0.2, 0.25) is 0 Å². The normalized spacial score (nSPS) is 12.1. The number of hydrogen-bond acceptors (Lipinski definition) is 3. The highest BCUT2D eigenvalue weighted by atomic mass is 19.3. The van der Waals surface area contributed by atoms with Gasteiger partial charge in [-0.2, -0.15) is 8.78 Å². The maximum absolute atomic E-state index is 12.8. The zero-order chi connectivity index (χ0) is 12.3. The van der Waals surface area contributed by atoms with Crippen molar-refractivity contribution in [2.75, 3.05) is 0 Å². The van der Waals surface area contributed by atoms with Crippen molar-refractivity contribution in [1.29, 1.82) is 0 Å². The molecule has 0 amide bonds. The van der Waals surface area contributed by atoms with Crippen LogP contribution in [-0.4, -0.2) is 33.1 Å². The second kappa shape index (κ2) is 4.58. The number of nitrogens with zero attached hydrogens (tertiary/aromatic N) is 3. The first-order valence-electron chi connectivity index (χ1n) is 4.50. The summed E-state index contributed by atoms with van der Waals surface area (Å²) in [6.07, 6.45) is -2.76. The number of halogens is 4. The predicted octanol–water partition coefficient (Wildman–Crippen LogP) is 1.77. The van der Waals surface area contributed by atoms with E-state index >= 15 is 0 Å². The summed E-state index contributed by atoms with van der Waals surface area (Å²) in [6, 6.07) is 0. The highest BCUT2D eigenvalue weighted by Crippen LogP contribution is 2.27. The van der Waals surface area contributed by atoms with Crippen LogP contribution in [0.4, 0.5) is 17.6 Å². The van der Waals surface area contributed by atoms with Crippen LogP contribution < -0.4 is 0 Å². The lowest BCUT2D eigenvalue weighted by Gasteiger charge is -2.13. The molecule has 1 rings (SSSR count). The molecule has 16 heavy (non-hydrogen) atoms. The van der Waals surface area contributed by atoms with E-state index in [9.17, 15) is 22.4 Å². The molecule has 90 valence electrons. The average molecular weight is 239 g/mol. The van der Waals surface area contributed by atoms with Crippen LogP contribution >= 0.6 is 0 Å². The molecule has 0 radical (unpaired) electrons. The van der Waals surface area contributed by atoms with Gasteiger partial charge in [0.2, 0.25) is 0 Å². The van der Waals surface area contributed by atoms with Gasteiger partial charge in [-0.05, 0) is 6.42 Å². The molecule has 0 saturated heterocycles. The Hall–Kier alpha value is -1.47. The molecule has 0 atom stereocenters. The summed E-state index contributed by atoms with van der Waals surface area (Å²) in [7, 11) is 0. The zero-order valence-electron chi connectivity index (χ0n) is 8.33. The van der Waals surface area contributed by atoms with Crippen molar-refractivity contribution in [2.24, 2.45) is 0 Å². The second-order valence-electron chi connectivity index (χ2n) is 3.10. The van der Waals surface area contributed by atoms with Crippen molar-refractivity contribution in [3.05, 3.63) is 11.9 Å². The largest absolute Gasteiger partial charge is 0.370 e. The lowest BCUT2D eigenvalue weighted by atomic mass is 10.1. The molecular formula is C8H9F4N3O. The molecule has 1 heterocycles. The fraction of sp³-hybridized carbons (Fsp3) is 0.625. The van der Waals surface area contributed by atoms with Crippen LogP contribution in [0.1, 0.15) is 23.8 Å². The highest BCUT2D eigenvalue weighted by Gasteiger charge is 2.50. The van der Waals surface area contributed by atoms with Crippen LogP contribution in [-0.2, 0) is 6.54 Å². The third-order valence-corrected chi connectivity index (χ3v) is 1.86. The lowest BCUT2D eigenvalue weighted by molar-refractivity contribution is -0.0962. The summed E-state index contributed by atoms with van der Waals surface area (Å²) in [4.78, 5) is 11.1. The molecule has 4 nitrogen and oxygen atoms in total. The first-order chi connectivity index (χ1) is 7.41. The van der Waals surface area contributed by atoms with E-state index in [2.05, 4.69) is 10.3 Å². The summed E-state index contributed by atoms with van der Waals surface area (Å²) in [5.41, 5.74) is -0.604. The number of aryl methyl sites for hydroxylation is 1. The summed E-state index contributed by atoms with van der Waals surface area (Å²) >= 11 is 0. The van der Waals surface area contributed by atoms with E-state index in [1.165, 1.54) is 0 Å². The average Bonchev–Trinajstić information content (AvgIpc) is 2.65. The van der Waals surface area contributed by atoms with E-state index < -0.39 is 23.8 Å². The van der Waals surface area contributed by atoms with Crippen molar-refractivity contribution in [3.8, 4) is 0 Å². The standard InChI is InChI=1S/C8H9F4N3O/c1-2-3-15-5(4-13-14-15)6(16)8(11,12)7(9)10/h4,7H,2-3H2,1H3. The van der Waals surface area contributed by atoms with Gasteiger partial charge in [0, 0.05) is 6.54 Å². The summed E-state index contributed by atoms with van der Waals surface area (Å²) < 4.78 is 50.3. The van der Waals surface area contributed by atoms with E-state index in [0.29, 0.717) is 6.42 Å². The number of rotatable bonds is 5. The van der Waals surface area contributed by atoms with Gasteiger partial charge in [-0.3, -0.25) is 4.79 Å². The van der Waals surface area contributed by atoms with Gasteiger partial charge in [0.25, 0.3) is 5.78 Å². The molecule has 8 heteroatoms. The van der Waals surface area contributed by atoms with Crippen LogP contribution in [0.3, 0.4) is 0 Å². The Kier molecular flexibility index (Phi) is 3.61.